The number of amides is 1. The van der Waals surface area contributed by atoms with E-state index >= 15 is 0 Å². The number of anilines is 2. The van der Waals surface area contributed by atoms with Crippen molar-refractivity contribution in [3.8, 4) is 0 Å². The number of aromatic nitrogens is 1. The summed E-state index contributed by atoms with van der Waals surface area (Å²) in [4.78, 5) is 16.7. The molecule has 0 saturated carbocycles. The molecule has 5 heteroatoms. The molecule has 1 amide bonds. The SMILES string of the molecule is Nc1ccc(Cl)c(NC(=O)c2cccc3cccnc23)c1. The number of hydrogen-bond acceptors (Lipinski definition) is 3. The lowest BCUT2D eigenvalue weighted by Gasteiger charge is -2.09. The molecule has 0 aliphatic heterocycles. The molecule has 0 atom stereocenters. The Morgan fingerprint density at radius 2 is 1.95 bits per heavy atom. The predicted molar refractivity (Wildman–Crippen MR) is 85.6 cm³/mol. The monoisotopic (exact) mass is 297 g/mol. The standard InChI is InChI=1S/C16H12ClN3O/c17-13-7-6-11(18)9-14(13)20-16(21)12-5-1-3-10-4-2-8-19-15(10)12/h1-9H,18H2,(H,20,21). The molecule has 0 radical (unpaired) electrons. The highest BCUT2D eigenvalue weighted by Gasteiger charge is 2.12. The van der Waals surface area contributed by atoms with E-state index in [1.165, 1.54) is 0 Å². The zero-order chi connectivity index (χ0) is 14.8. The van der Waals surface area contributed by atoms with Gasteiger partial charge in [0.05, 0.1) is 21.8 Å². The van der Waals surface area contributed by atoms with Gasteiger partial charge in [-0.25, -0.2) is 0 Å². The molecule has 0 bridgehead atoms. The van der Waals surface area contributed by atoms with E-state index in [2.05, 4.69) is 10.3 Å². The molecule has 0 unspecified atom stereocenters. The summed E-state index contributed by atoms with van der Waals surface area (Å²) < 4.78 is 0. The van der Waals surface area contributed by atoms with E-state index in [0.29, 0.717) is 27.5 Å². The number of para-hydroxylation sites is 1. The summed E-state index contributed by atoms with van der Waals surface area (Å²) in [5.74, 6) is -0.271. The largest absolute Gasteiger partial charge is 0.399 e. The number of rotatable bonds is 2. The molecule has 4 nitrogen and oxygen atoms in total. The van der Waals surface area contributed by atoms with Gasteiger partial charge in [-0.15, -0.1) is 0 Å². The minimum Gasteiger partial charge on any atom is -0.399 e. The number of pyridine rings is 1. The van der Waals surface area contributed by atoms with E-state index in [4.69, 9.17) is 17.3 Å². The fraction of sp³-hybridized carbons (Fsp3) is 0. The first kappa shape index (κ1) is 13.4. The Morgan fingerprint density at radius 3 is 2.81 bits per heavy atom. The van der Waals surface area contributed by atoms with Crippen molar-refractivity contribution in [1.29, 1.82) is 0 Å². The first-order chi connectivity index (χ1) is 10.1. The minimum atomic E-state index is -0.271. The van der Waals surface area contributed by atoms with Crippen molar-refractivity contribution in [3.05, 3.63) is 65.3 Å². The second-order valence-corrected chi connectivity index (χ2v) is 4.98. The van der Waals surface area contributed by atoms with Crippen molar-refractivity contribution in [1.82, 2.24) is 4.98 Å². The average molecular weight is 298 g/mol. The quantitative estimate of drug-likeness (QED) is 0.708. The summed E-state index contributed by atoms with van der Waals surface area (Å²) in [6, 6.07) is 14.1. The third-order valence-electron chi connectivity index (χ3n) is 3.12. The zero-order valence-electron chi connectivity index (χ0n) is 11.0. The van der Waals surface area contributed by atoms with E-state index in [-0.39, 0.29) is 5.91 Å². The molecule has 0 spiro atoms. The maximum atomic E-state index is 12.4. The molecular formula is C16H12ClN3O. The highest BCUT2D eigenvalue weighted by atomic mass is 35.5. The summed E-state index contributed by atoms with van der Waals surface area (Å²) in [6.07, 6.45) is 1.66. The Hall–Kier alpha value is -2.59. The molecule has 104 valence electrons. The average Bonchev–Trinajstić information content (AvgIpc) is 2.50. The van der Waals surface area contributed by atoms with Crippen LogP contribution in [0.1, 0.15) is 10.4 Å². The smallest absolute Gasteiger partial charge is 0.257 e. The first-order valence-corrected chi connectivity index (χ1v) is 6.73. The highest BCUT2D eigenvalue weighted by molar-refractivity contribution is 6.34. The number of benzene rings is 2. The van der Waals surface area contributed by atoms with Crippen LogP contribution in [-0.2, 0) is 0 Å². The fourth-order valence-electron chi connectivity index (χ4n) is 2.12. The number of nitrogen functional groups attached to an aromatic ring is 1. The maximum Gasteiger partial charge on any atom is 0.257 e. The summed E-state index contributed by atoms with van der Waals surface area (Å²) >= 11 is 6.06. The Kier molecular flexibility index (Phi) is 3.46. The summed E-state index contributed by atoms with van der Waals surface area (Å²) in [5, 5.41) is 4.11. The number of fused-ring (bicyclic) bond motifs is 1. The second kappa shape index (κ2) is 5.42. The number of nitrogens with zero attached hydrogens (tertiary/aromatic N) is 1. The van der Waals surface area contributed by atoms with E-state index in [9.17, 15) is 4.79 Å². The van der Waals surface area contributed by atoms with Gasteiger partial charge in [-0.3, -0.25) is 9.78 Å². The lowest BCUT2D eigenvalue weighted by Crippen LogP contribution is -2.13. The van der Waals surface area contributed by atoms with Gasteiger partial charge in [-0.05, 0) is 30.3 Å². The first-order valence-electron chi connectivity index (χ1n) is 6.35. The van der Waals surface area contributed by atoms with Crippen LogP contribution in [0.2, 0.25) is 5.02 Å². The van der Waals surface area contributed by atoms with Gasteiger partial charge < -0.3 is 11.1 Å². The Labute approximate surface area is 126 Å². The molecule has 0 aliphatic rings. The van der Waals surface area contributed by atoms with Gasteiger partial charge in [0.2, 0.25) is 0 Å². The molecular weight excluding hydrogens is 286 g/mol. The van der Waals surface area contributed by atoms with E-state index < -0.39 is 0 Å². The van der Waals surface area contributed by atoms with Crippen LogP contribution >= 0.6 is 11.6 Å². The zero-order valence-corrected chi connectivity index (χ0v) is 11.8. The van der Waals surface area contributed by atoms with Crippen molar-refractivity contribution in [2.45, 2.75) is 0 Å². The number of halogens is 1. The summed E-state index contributed by atoms with van der Waals surface area (Å²) in [6.45, 7) is 0. The Balaban J connectivity index is 1.99. The van der Waals surface area contributed by atoms with Gasteiger partial charge >= 0.3 is 0 Å². The molecule has 3 N–H and O–H groups in total. The second-order valence-electron chi connectivity index (χ2n) is 4.57. The molecule has 0 fully saturated rings. The lowest BCUT2D eigenvalue weighted by molar-refractivity contribution is 0.102. The molecule has 0 saturated heterocycles. The van der Waals surface area contributed by atoms with Gasteiger partial charge in [-0.1, -0.05) is 29.8 Å². The lowest BCUT2D eigenvalue weighted by atomic mass is 10.1. The topological polar surface area (TPSA) is 68.0 Å². The van der Waals surface area contributed by atoms with E-state index in [0.717, 1.165) is 5.39 Å². The number of carbonyl (C=O) groups is 1. The van der Waals surface area contributed by atoms with E-state index in [1.807, 2.05) is 24.3 Å². The molecule has 3 rings (SSSR count). The van der Waals surface area contributed by atoms with Crippen molar-refractivity contribution >= 4 is 39.8 Å². The number of nitrogens with two attached hydrogens (primary N) is 1. The van der Waals surface area contributed by atoms with Crippen LogP contribution < -0.4 is 11.1 Å². The van der Waals surface area contributed by atoms with Crippen LogP contribution in [0.15, 0.2) is 54.7 Å². The van der Waals surface area contributed by atoms with Gasteiger partial charge in [0.1, 0.15) is 0 Å². The van der Waals surface area contributed by atoms with Crippen LogP contribution in [-0.4, -0.2) is 10.9 Å². The number of carbonyl (C=O) groups excluding carboxylic acids is 1. The van der Waals surface area contributed by atoms with E-state index in [1.54, 1.807) is 30.5 Å². The maximum absolute atomic E-state index is 12.4. The molecule has 1 heterocycles. The van der Waals surface area contributed by atoms with Crippen LogP contribution in [0.3, 0.4) is 0 Å². The minimum absolute atomic E-state index is 0.271. The third-order valence-corrected chi connectivity index (χ3v) is 3.45. The van der Waals surface area contributed by atoms with Gasteiger partial charge in [0, 0.05) is 17.3 Å². The predicted octanol–water partition coefficient (Wildman–Crippen LogP) is 3.72. The highest BCUT2D eigenvalue weighted by Crippen LogP contribution is 2.25. The number of hydrogen-bond donors (Lipinski definition) is 2. The van der Waals surface area contributed by atoms with Gasteiger partial charge in [0.15, 0.2) is 0 Å². The fourth-order valence-corrected chi connectivity index (χ4v) is 2.28. The Morgan fingerprint density at radius 1 is 1.14 bits per heavy atom. The molecule has 0 aliphatic carbocycles. The summed E-state index contributed by atoms with van der Waals surface area (Å²) in [5.41, 5.74) is 7.87. The summed E-state index contributed by atoms with van der Waals surface area (Å²) in [7, 11) is 0. The third kappa shape index (κ3) is 2.66. The van der Waals surface area contributed by atoms with Crippen molar-refractivity contribution < 1.29 is 4.79 Å². The van der Waals surface area contributed by atoms with Crippen molar-refractivity contribution in [2.24, 2.45) is 0 Å². The number of nitrogens with one attached hydrogen (secondary N) is 1. The molecule has 1 aromatic heterocycles. The van der Waals surface area contributed by atoms with Crippen LogP contribution in [0.4, 0.5) is 11.4 Å². The van der Waals surface area contributed by atoms with Crippen molar-refractivity contribution in [2.75, 3.05) is 11.1 Å². The normalized spacial score (nSPS) is 10.5. The van der Waals surface area contributed by atoms with Crippen LogP contribution in [0.5, 0.6) is 0 Å². The molecule has 2 aromatic carbocycles. The van der Waals surface area contributed by atoms with Gasteiger partial charge in [0.25, 0.3) is 5.91 Å². The molecule has 21 heavy (non-hydrogen) atoms. The Bertz CT molecular complexity index is 827. The van der Waals surface area contributed by atoms with Gasteiger partial charge in [-0.2, -0.15) is 0 Å². The van der Waals surface area contributed by atoms with Crippen LogP contribution in [0.25, 0.3) is 10.9 Å². The van der Waals surface area contributed by atoms with Crippen molar-refractivity contribution in [3.63, 3.8) is 0 Å². The molecule has 3 aromatic rings. The van der Waals surface area contributed by atoms with Crippen LogP contribution in [0, 0.1) is 0 Å².